The topological polar surface area (TPSA) is 70.8 Å². The van der Waals surface area contributed by atoms with Crippen molar-refractivity contribution in [1.82, 2.24) is 4.90 Å². The molecule has 23 heavy (non-hydrogen) atoms. The molecule has 1 aromatic carbocycles. The van der Waals surface area contributed by atoms with Gasteiger partial charge in [0.2, 0.25) is 0 Å². The van der Waals surface area contributed by atoms with Gasteiger partial charge in [-0.15, -0.1) is 0 Å². The van der Waals surface area contributed by atoms with E-state index in [1.165, 1.54) is 22.9 Å². The van der Waals surface area contributed by atoms with Gasteiger partial charge in [0.1, 0.15) is 11.8 Å². The maximum Gasteiger partial charge on any atom is 0.326 e. The standard InChI is InChI=1S/C17H15NO4S/c19-16-15(10-13-7-4-8-22-13)23-11-18(16)14(17(20)21)9-12-5-2-1-3-6-12/h1-8,10,14H,9,11H2,(H,20,21)/b15-10+. The van der Waals surface area contributed by atoms with Gasteiger partial charge < -0.3 is 14.4 Å². The Bertz CT molecular complexity index is 724. The number of furan rings is 1. The van der Waals surface area contributed by atoms with Crippen molar-refractivity contribution in [2.75, 3.05) is 5.88 Å². The molecule has 0 spiro atoms. The highest BCUT2D eigenvalue weighted by atomic mass is 32.2. The minimum Gasteiger partial charge on any atom is -0.480 e. The molecule has 2 heterocycles. The summed E-state index contributed by atoms with van der Waals surface area (Å²) in [6, 6.07) is 11.9. The summed E-state index contributed by atoms with van der Waals surface area (Å²) in [5.74, 6) is -0.357. The van der Waals surface area contributed by atoms with Crippen molar-refractivity contribution in [3.05, 3.63) is 65.0 Å². The molecule has 1 fully saturated rings. The molecule has 1 N–H and O–H groups in total. The van der Waals surface area contributed by atoms with Crippen LogP contribution in [0.1, 0.15) is 11.3 Å². The first-order valence-corrected chi connectivity index (χ1v) is 8.09. The first kappa shape index (κ1) is 15.4. The SMILES string of the molecule is O=C(O)C(Cc1ccccc1)N1CS/C(=C/c2ccco2)C1=O. The summed E-state index contributed by atoms with van der Waals surface area (Å²) < 4.78 is 5.21. The number of carboxylic acids is 1. The van der Waals surface area contributed by atoms with Gasteiger partial charge in [-0.3, -0.25) is 4.79 Å². The third kappa shape index (κ3) is 3.48. The molecular weight excluding hydrogens is 314 g/mol. The number of nitrogens with zero attached hydrogens (tertiary/aromatic N) is 1. The van der Waals surface area contributed by atoms with Crippen LogP contribution >= 0.6 is 11.8 Å². The third-order valence-corrected chi connectivity index (χ3v) is 4.59. The number of thioether (sulfide) groups is 1. The third-order valence-electron chi connectivity index (χ3n) is 3.58. The van der Waals surface area contributed by atoms with Crippen LogP contribution in [0.5, 0.6) is 0 Å². The summed E-state index contributed by atoms with van der Waals surface area (Å²) in [4.78, 5) is 26.0. The van der Waals surface area contributed by atoms with E-state index in [-0.39, 0.29) is 12.3 Å². The molecule has 1 aromatic heterocycles. The van der Waals surface area contributed by atoms with Crippen LogP contribution in [0.4, 0.5) is 0 Å². The first-order chi connectivity index (χ1) is 11.1. The summed E-state index contributed by atoms with van der Waals surface area (Å²) >= 11 is 1.33. The summed E-state index contributed by atoms with van der Waals surface area (Å²) in [6.45, 7) is 0. The number of carboxylic acid groups (broad SMARTS) is 1. The Balaban J connectivity index is 1.79. The van der Waals surface area contributed by atoms with Crippen LogP contribution in [0.15, 0.2) is 58.1 Å². The molecule has 1 saturated heterocycles. The predicted octanol–water partition coefficient (Wildman–Crippen LogP) is 2.85. The van der Waals surface area contributed by atoms with E-state index in [1.54, 1.807) is 18.2 Å². The monoisotopic (exact) mass is 329 g/mol. The van der Waals surface area contributed by atoms with Gasteiger partial charge in [-0.05, 0) is 23.8 Å². The fourth-order valence-corrected chi connectivity index (χ4v) is 3.42. The molecule has 5 nitrogen and oxygen atoms in total. The number of rotatable bonds is 5. The maximum atomic E-state index is 12.5. The van der Waals surface area contributed by atoms with Crippen molar-refractivity contribution in [1.29, 1.82) is 0 Å². The number of aliphatic carboxylic acids is 1. The zero-order chi connectivity index (χ0) is 16.2. The van der Waals surface area contributed by atoms with Gasteiger partial charge >= 0.3 is 5.97 Å². The number of carbonyl (C=O) groups is 2. The Morgan fingerprint density at radius 3 is 2.74 bits per heavy atom. The van der Waals surface area contributed by atoms with Crippen LogP contribution in [0, 0.1) is 0 Å². The smallest absolute Gasteiger partial charge is 0.326 e. The van der Waals surface area contributed by atoms with Crippen molar-refractivity contribution in [3.63, 3.8) is 0 Å². The van der Waals surface area contributed by atoms with E-state index < -0.39 is 12.0 Å². The van der Waals surface area contributed by atoms with Gasteiger partial charge in [0, 0.05) is 6.42 Å². The quantitative estimate of drug-likeness (QED) is 0.854. The average molecular weight is 329 g/mol. The van der Waals surface area contributed by atoms with Gasteiger partial charge in [-0.2, -0.15) is 0 Å². The molecule has 0 aliphatic carbocycles. The summed E-state index contributed by atoms with van der Waals surface area (Å²) in [5.41, 5.74) is 0.890. The Hall–Kier alpha value is -2.47. The summed E-state index contributed by atoms with van der Waals surface area (Å²) in [5, 5.41) is 9.51. The van der Waals surface area contributed by atoms with Crippen molar-refractivity contribution < 1.29 is 19.1 Å². The van der Waals surface area contributed by atoms with Crippen LogP contribution in [0.2, 0.25) is 0 Å². The highest BCUT2D eigenvalue weighted by Crippen LogP contribution is 2.32. The molecular formula is C17H15NO4S. The van der Waals surface area contributed by atoms with Gasteiger partial charge in [-0.1, -0.05) is 42.1 Å². The number of amides is 1. The molecule has 118 valence electrons. The Morgan fingerprint density at radius 2 is 2.09 bits per heavy atom. The summed E-state index contributed by atoms with van der Waals surface area (Å²) in [7, 11) is 0. The van der Waals surface area contributed by atoms with Crippen molar-refractivity contribution in [3.8, 4) is 0 Å². The van der Waals surface area contributed by atoms with Crippen LogP contribution in [0.3, 0.4) is 0 Å². The van der Waals surface area contributed by atoms with Crippen molar-refractivity contribution in [2.24, 2.45) is 0 Å². The first-order valence-electron chi connectivity index (χ1n) is 7.11. The zero-order valence-corrected chi connectivity index (χ0v) is 13.0. The van der Waals surface area contributed by atoms with E-state index >= 15 is 0 Å². The fourth-order valence-electron chi connectivity index (χ4n) is 2.41. The zero-order valence-electron chi connectivity index (χ0n) is 12.2. The lowest BCUT2D eigenvalue weighted by Crippen LogP contribution is -2.43. The van der Waals surface area contributed by atoms with Gasteiger partial charge in [0.25, 0.3) is 5.91 Å². The van der Waals surface area contributed by atoms with Crippen LogP contribution < -0.4 is 0 Å². The molecule has 0 saturated carbocycles. The summed E-state index contributed by atoms with van der Waals surface area (Å²) in [6.07, 6.45) is 3.47. The van der Waals surface area contributed by atoms with E-state index in [1.807, 2.05) is 30.3 Å². The van der Waals surface area contributed by atoms with Crippen molar-refractivity contribution >= 4 is 29.7 Å². The number of hydrogen-bond donors (Lipinski definition) is 1. The molecule has 1 aliphatic rings. The number of hydrogen-bond acceptors (Lipinski definition) is 4. The van der Waals surface area contributed by atoms with Gasteiger partial charge in [0.15, 0.2) is 0 Å². The molecule has 1 unspecified atom stereocenters. The molecule has 1 amide bonds. The Morgan fingerprint density at radius 1 is 1.30 bits per heavy atom. The average Bonchev–Trinajstić information content (AvgIpc) is 3.18. The van der Waals surface area contributed by atoms with E-state index in [2.05, 4.69) is 0 Å². The lowest BCUT2D eigenvalue weighted by molar-refractivity contribution is -0.147. The molecule has 6 heteroatoms. The highest BCUT2D eigenvalue weighted by molar-refractivity contribution is 8.04. The van der Waals surface area contributed by atoms with E-state index in [0.717, 1.165) is 5.56 Å². The van der Waals surface area contributed by atoms with Crippen LogP contribution in [0.25, 0.3) is 6.08 Å². The second kappa shape index (κ2) is 6.75. The fraction of sp³-hybridized carbons (Fsp3) is 0.176. The largest absolute Gasteiger partial charge is 0.480 e. The lowest BCUT2D eigenvalue weighted by Gasteiger charge is -2.23. The minimum atomic E-state index is -0.998. The van der Waals surface area contributed by atoms with Gasteiger partial charge in [-0.25, -0.2) is 4.79 Å². The molecule has 3 rings (SSSR count). The molecule has 2 aromatic rings. The second-order valence-corrected chi connectivity index (χ2v) is 6.10. The van der Waals surface area contributed by atoms with Crippen molar-refractivity contribution in [2.45, 2.75) is 12.5 Å². The Kier molecular flexibility index (Phi) is 4.52. The second-order valence-electron chi connectivity index (χ2n) is 5.12. The van der Waals surface area contributed by atoms with Crippen LogP contribution in [-0.2, 0) is 16.0 Å². The lowest BCUT2D eigenvalue weighted by atomic mass is 10.0. The van der Waals surface area contributed by atoms with E-state index in [9.17, 15) is 14.7 Å². The molecule has 0 radical (unpaired) electrons. The van der Waals surface area contributed by atoms with Gasteiger partial charge in [0.05, 0.1) is 17.0 Å². The van der Waals surface area contributed by atoms with E-state index in [4.69, 9.17) is 4.42 Å². The molecule has 1 atom stereocenters. The highest BCUT2D eigenvalue weighted by Gasteiger charge is 2.36. The van der Waals surface area contributed by atoms with Crippen LogP contribution in [-0.4, -0.2) is 33.8 Å². The Labute approximate surface area is 137 Å². The maximum absolute atomic E-state index is 12.5. The van der Waals surface area contributed by atoms with E-state index in [0.29, 0.717) is 16.5 Å². The normalized spacial score (nSPS) is 17.7. The predicted molar refractivity (Wildman–Crippen MR) is 87.6 cm³/mol. The minimum absolute atomic E-state index is 0.269. The number of carbonyl (C=O) groups excluding carboxylic acids is 1. The number of benzene rings is 1. The molecule has 1 aliphatic heterocycles. The molecule has 0 bridgehead atoms.